The van der Waals surface area contributed by atoms with Gasteiger partial charge in [-0.2, -0.15) is 13.2 Å². The molecule has 2 N–H and O–H groups in total. The molecule has 0 spiro atoms. The monoisotopic (exact) mass is 419 g/mol. The lowest BCUT2D eigenvalue weighted by Crippen LogP contribution is -2.33. The summed E-state index contributed by atoms with van der Waals surface area (Å²) >= 11 is 0. The van der Waals surface area contributed by atoms with Crippen molar-refractivity contribution in [2.45, 2.75) is 19.1 Å². The lowest BCUT2D eigenvalue weighted by atomic mass is 10.1. The number of nitrogens with zero attached hydrogens (tertiary/aromatic N) is 1. The van der Waals surface area contributed by atoms with E-state index in [1.807, 2.05) is 30.3 Å². The number of anilines is 1. The van der Waals surface area contributed by atoms with Gasteiger partial charge in [0.2, 0.25) is 11.8 Å². The summed E-state index contributed by atoms with van der Waals surface area (Å²) < 4.78 is 36.5. The average Bonchev–Trinajstić information content (AvgIpc) is 3.07. The Kier molecular flexibility index (Phi) is 6.39. The predicted octanol–water partition coefficient (Wildman–Crippen LogP) is 2.97. The standard InChI is InChI=1S/C21H20F3N3O3/c22-21(23,24)13-25-19(29)15-6-8-17(9-7-15)26-20(30)16-10-18(28)27(12-16)11-14-4-2-1-3-5-14/h1-9,16H,10-13H2,(H,25,29)(H,26,30). The predicted molar refractivity (Wildman–Crippen MR) is 103 cm³/mol. The first-order chi connectivity index (χ1) is 14.2. The molecule has 0 bridgehead atoms. The van der Waals surface area contributed by atoms with Gasteiger partial charge in [0.1, 0.15) is 6.54 Å². The molecule has 2 aromatic rings. The molecule has 3 rings (SSSR count). The first-order valence-corrected chi connectivity index (χ1v) is 9.29. The number of nitrogens with one attached hydrogen (secondary N) is 2. The summed E-state index contributed by atoms with van der Waals surface area (Å²) in [6.45, 7) is -0.678. The molecule has 0 aromatic heterocycles. The number of alkyl halides is 3. The Morgan fingerprint density at radius 3 is 2.33 bits per heavy atom. The second-order valence-corrected chi connectivity index (χ2v) is 7.03. The SMILES string of the molecule is O=C(NCC(F)(F)F)c1ccc(NC(=O)C2CC(=O)N(Cc3ccccc3)C2)cc1. The van der Waals surface area contributed by atoms with Gasteiger partial charge in [-0.25, -0.2) is 0 Å². The van der Waals surface area contributed by atoms with E-state index in [1.165, 1.54) is 24.3 Å². The molecule has 1 aliphatic rings. The van der Waals surface area contributed by atoms with E-state index < -0.39 is 24.5 Å². The van der Waals surface area contributed by atoms with Crippen molar-refractivity contribution >= 4 is 23.4 Å². The summed E-state index contributed by atoms with van der Waals surface area (Å²) in [5.41, 5.74) is 1.41. The van der Waals surface area contributed by atoms with Crippen molar-refractivity contribution in [3.05, 3.63) is 65.7 Å². The highest BCUT2D eigenvalue weighted by atomic mass is 19.4. The molecule has 1 fully saturated rings. The van der Waals surface area contributed by atoms with Crippen LogP contribution < -0.4 is 10.6 Å². The minimum absolute atomic E-state index is 0.0438. The molecular weight excluding hydrogens is 399 g/mol. The number of hydrogen-bond donors (Lipinski definition) is 2. The normalized spacial score (nSPS) is 16.4. The van der Waals surface area contributed by atoms with Crippen LogP contribution in [0.25, 0.3) is 0 Å². The minimum Gasteiger partial charge on any atom is -0.343 e. The van der Waals surface area contributed by atoms with Crippen LogP contribution in [0.5, 0.6) is 0 Å². The molecule has 3 amide bonds. The van der Waals surface area contributed by atoms with Gasteiger partial charge in [-0.15, -0.1) is 0 Å². The van der Waals surface area contributed by atoms with Crippen molar-refractivity contribution in [2.75, 3.05) is 18.4 Å². The molecule has 158 valence electrons. The number of benzene rings is 2. The Morgan fingerprint density at radius 2 is 1.70 bits per heavy atom. The molecule has 9 heteroatoms. The van der Waals surface area contributed by atoms with E-state index in [-0.39, 0.29) is 23.8 Å². The largest absolute Gasteiger partial charge is 0.405 e. The smallest absolute Gasteiger partial charge is 0.343 e. The number of carbonyl (C=O) groups is 3. The van der Waals surface area contributed by atoms with Crippen molar-refractivity contribution in [1.82, 2.24) is 10.2 Å². The summed E-state index contributed by atoms with van der Waals surface area (Å²) in [4.78, 5) is 38.1. The molecule has 1 unspecified atom stereocenters. The van der Waals surface area contributed by atoms with Gasteiger partial charge < -0.3 is 15.5 Å². The summed E-state index contributed by atoms with van der Waals surface area (Å²) in [6.07, 6.45) is -4.38. The maximum absolute atomic E-state index is 12.5. The highest BCUT2D eigenvalue weighted by Gasteiger charge is 2.34. The average molecular weight is 419 g/mol. The van der Waals surface area contributed by atoms with Gasteiger partial charge in [0.15, 0.2) is 0 Å². The maximum Gasteiger partial charge on any atom is 0.405 e. The molecule has 2 aromatic carbocycles. The van der Waals surface area contributed by atoms with Gasteiger partial charge in [-0.1, -0.05) is 30.3 Å². The van der Waals surface area contributed by atoms with Gasteiger partial charge >= 0.3 is 6.18 Å². The van der Waals surface area contributed by atoms with Crippen LogP contribution in [0, 0.1) is 5.92 Å². The van der Waals surface area contributed by atoms with E-state index in [0.717, 1.165) is 5.56 Å². The minimum atomic E-state index is -4.49. The Hall–Kier alpha value is -3.36. The number of carbonyl (C=O) groups excluding carboxylic acids is 3. The zero-order valence-electron chi connectivity index (χ0n) is 15.9. The first-order valence-electron chi connectivity index (χ1n) is 9.29. The summed E-state index contributed by atoms with van der Waals surface area (Å²) in [5.74, 6) is -1.79. The zero-order valence-corrected chi connectivity index (χ0v) is 15.9. The van der Waals surface area contributed by atoms with Crippen LogP contribution in [0.2, 0.25) is 0 Å². The fourth-order valence-electron chi connectivity index (χ4n) is 3.14. The number of rotatable bonds is 6. The molecule has 0 saturated carbocycles. The van der Waals surface area contributed by atoms with Crippen LogP contribution in [-0.4, -0.2) is 41.9 Å². The quantitative estimate of drug-likeness (QED) is 0.756. The van der Waals surface area contributed by atoms with Crippen molar-refractivity contribution in [1.29, 1.82) is 0 Å². The van der Waals surface area contributed by atoms with Crippen molar-refractivity contribution in [2.24, 2.45) is 5.92 Å². The third kappa shape index (κ3) is 5.82. The van der Waals surface area contributed by atoms with Crippen LogP contribution in [0.4, 0.5) is 18.9 Å². The van der Waals surface area contributed by atoms with Gasteiger partial charge in [0.05, 0.1) is 5.92 Å². The van der Waals surface area contributed by atoms with Gasteiger partial charge in [0.25, 0.3) is 5.91 Å². The molecule has 6 nitrogen and oxygen atoms in total. The van der Waals surface area contributed by atoms with E-state index in [0.29, 0.717) is 18.8 Å². The fourth-order valence-corrected chi connectivity index (χ4v) is 3.14. The second-order valence-electron chi connectivity index (χ2n) is 7.03. The molecule has 30 heavy (non-hydrogen) atoms. The lowest BCUT2D eigenvalue weighted by molar-refractivity contribution is -0.128. The molecular formula is C21H20F3N3O3. The van der Waals surface area contributed by atoms with Crippen molar-refractivity contribution < 1.29 is 27.6 Å². The Bertz CT molecular complexity index is 915. The molecule has 1 heterocycles. The van der Waals surface area contributed by atoms with E-state index >= 15 is 0 Å². The number of amides is 3. The lowest BCUT2D eigenvalue weighted by Gasteiger charge is -2.16. The van der Waals surface area contributed by atoms with Crippen molar-refractivity contribution in [3.63, 3.8) is 0 Å². The van der Waals surface area contributed by atoms with E-state index in [4.69, 9.17) is 0 Å². The molecule has 0 radical (unpaired) electrons. The summed E-state index contributed by atoms with van der Waals surface area (Å²) in [5, 5.41) is 4.46. The Balaban J connectivity index is 1.53. The molecule has 1 saturated heterocycles. The summed E-state index contributed by atoms with van der Waals surface area (Å²) in [6, 6.07) is 15.0. The van der Waals surface area contributed by atoms with Gasteiger partial charge in [-0.3, -0.25) is 14.4 Å². The van der Waals surface area contributed by atoms with Crippen LogP contribution in [-0.2, 0) is 16.1 Å². The van der Waals surface area contributed by atoms with E-state index in [2.05, 4.69) is 5.32 Å². The summed E-state index contributed by atoms with van der Waals surface area (Å²) in [7, 11) is 0. The van der Waals surface area contributed by atoms with E-state index in [9.17, 15) is 27.6 Å². The van der Waals surface area contributed by atoms with Crippen LogP contribution >= 0.6 is 0 Å². The molecule has 0 aliphatic carbocycles. The second kappa shape index (κ2) is 8.98. The maximum atomic E-state index is 12.5. The fraction of sp³-hybridized carbons (Fsp3) is 0.286. The van der Waals surface area contributed by atoms with Gasteiger partial charge in [-0.05, 0) is 29.8 Å². The zero-order chi connectivity index (χ0) is 21.7. The molecule has 1 aliphatic heterocycles. The van der Waals surface area contributed by atoms with Crippen LogP contribution in [0.15, 0.2) is 54.6 Å². The van der Waals surface area contributed by atoms with Crippen LogP contribution in [0.1, 0.15) is 22.3 Å². The first kappa shape index (κ1) is 21.4. The molecule has 1 atom stereocenters. The Morgan fingerprint density at radius 1 is 1.03 bits per heavy atom. The third-order valence-corrected chi connectivity index (χ3v) is 4.67. The Labute approximate surface area is 171 Å². The van der Waals surface area contributed by atoms with Crippen molar-refractivity contribution in [3.8, 4) is 0 Å². The highest BCUT2D eigenvalue weighted by Crippen LogP contribution is 2.22. The number of hydrogen-bond acceptors (Lipinski definition) is 3. The number of likely N-dealkylation sites (tertiary alicyclic amines) is 1. The third-order valence-electron chi connectivity index (χ3n) is 4.67. The van der Waals surface area contributed by atoms with Crippen LogP contribution in [0.3, 0.4) is 0 Å². The number of halogens is 3. The topological polar surface area (TPSA) is 78.5 Å². The van der Waals surface area contributed by atoms with E-state index in [1.54, 1.807) is 10.2 Å². The van der Waals surface area contributed by atoms with Gasteiger partial charge in [0, 0.05) is 30.8 Å². The highest BCUT2D eigenvalue weighted by molar-refractivity contribution is 5.98.